The summed E-state index contributed by atoms with van der Waals surface area (Å²) in [5, 5.41) is 0. The van der Waals surface area contributed by atoms with Gasteiger partial charge in [-0.1, -0.05) is 12.1 Å². The van der Waals surface area contributed by atoms with E-state index in [9.17, 15) is 9.18 Å². The molecule has 0 radical (unpaired) electrons. The first-order chi connectivity index (χ1) is 10.1. The highest BCUT2D eigenvalue weighted by Gasteiger charge is 2.36. The van der Waals surface area contributed by atoms with Crippen molar-refractivity contribution in [3.8, 4) is 5.75 Å². The molecule has 2 fully saturated rings. The highest BCUT2D eigenvalue weighted by atomic mass is 32.2. The fraction of sp³-hybridized carbons (Fsp3) is 0.562. The van der Waals surface area contributed by atoms with Crippen LogP contribution in [0.4, 0.5) is 4.39 Å². The van der Waals surface area contributed by atoms with Crippen molar-refractivity contribution in [2.75, 3.05) is 13.6 Å². The molecule has 5 heteroatoms. The van der Waals surface area contributed by atoms with Crippen LogP contribution in [0.3, 0.4) is 0 Å². The molecule has 2 aliphatic heterocycles. The number of hydrogen-bond donors (Lipinski definition) is 0. The van der Waals surface area contributed by atoms with Crippen molar-refractivity contribution in [2.24, 2.45) is 5.92 Å². The Kier molecular flexibility index (Phi) is 4.50. The number of halogens is 1. The van der Waals surface area contributed by atoms with Gasteiger partial charge < -0.3 is 9.64 Å². The molecule has 0 N–H and O–H groups in total. The maximum absolute atomic E-state index is 12.5. The number of alkyl halides is 1. The van der Waals surface area contributed by atoms with Gasteiger partial charge in [0.15, 0.2) is 0 Å². The van der Waals surface area contributed by atoms with E-state index in [1.54, 1.807) is 6.07 Å². The fourth-order valence-corrected chi connectivity index (χ4v) is 4.04. The number of ether oxygens (including phenoxy) is 1. The highest BCUT2D eigenvalue weighted by Crippen LogP contribution is 2.40. The molecule has 21 heavy (non-hydrogen) atoms. The predicted octanol–water partition coefficient (Wildman–Crippen LogP) is 3.73. The number of carbonyl (C=O) groups excluding carboxylic acids is 1. The summed E-state index contributed by atoms with van der Waals surface area (Å²) in [5.41, 5.74) is -1.21. The Morgan fingerprint density at radius 2 is 2.19 bits per heavy atom. The molecule has 0 spiro atoms. The van der Waals surface area contributed by atoms with E-state index in [0.717, 1.165) is 41.8 Å². The normalized spacial score (nSPS) is 31.0. The lowest BCUT2D eigenvalue weighted by Crippen LogP contribution is -2.35. The van der Waals surface area contributed by atoms with Crippen LogP contribution in [0.1, 0.15) is 27.1 Å². The van der Waals surface area contributed by atoms with Crippen LogP contribution in [0.5, 0.6) is 5.75 Å². The van der Waals surface area contributed by atoms with Crippen LogP contribution in [0, 0.1) is 5.92 Å². The van der Waals surface area contributed by atoms with Gasteiger partial charge >= 0.3 is 0 Å². The Hall–Kier alpha value is -1.07. The van der Waals surface area contributed by atoms with Gasteiger partial charge in [0.05, 0.1) is 4.90 Å². The molecule has 1 aromatic carbocycles. The van der Waals surface area contributed by atoms with Gasteiger partial charge in [0, 0.05) is 20.3 Å². The molecule has 2 heterocycles. The molecule has 1 aromatic rings. The quantitative estimate of drug-likeness (QED) is 0.730. The summed E-state index contributed by atoms with van der Waals surface area (Å²) in [6.07, 6.45) is 4.12. The summed E-state index contributed by atoms with van der Waals surface area (Å²) in [4.78, 5) is 14.4. The van der Waals surface area contributed by atoms with E-state index in [1.165, 1.54) is 13.0 Å². The van der Waals surface area contributed by atoms with Crippen LogP contribution in [0.2, 0.25) is 0 Å². The van der Waals surface area contributed by atoms with E-state index >= 15 is 0 Å². The van der Waals surface area contributed by atoms with Crippen LogP contribution >= 0.6 is 11.8 Å². The van der Waals surface area contributed by atoms with E-state index < -0.39 is 5.69 Å². The lowest BCUT2D eigenvalue weighted by atomic mass is 9.84. The zero-order valence-corrected chi connectivity index (χ0v) is 12.9. The number of benzene rings is 1. The second kappa shape index (κ2) is 6.36. The first-order valence-electron chi connectivity index (χ1n) is 7.42. The van der Waals surface area contributed by atoms with Crippen LogP contribution in [0.15, 0.2) is 29.2 Å². The summed E-state index contributed by atoms with van der Waals surface area (Å²) >= 11 is 1.10. The summed E-state index contributed by atoms with van der Waals surface area (Å²) in [6.45, 7) is 1.20. The van der Waals surface area contributed by atoms with Gasteiger partial charge in [-0.2, -0.15) is 4.39 Å². The Bertz CT molecular complexity index is 506. The van der Waals surface area contributed by atoms with Gasteiger partial charge in [-0.3, -0.25) is 4.79 Å². The number of carbonyl (C=O) groups is 1. The zero-order chi connectivity index (χ0) is 14.8. The molecule has 3 aliphatic rings. The molecular weight excluding hydrogens is 289 g/mol. The lowest BCUT2D eigenvalue weighted by molar-refractivity contribution is -0.122. The van der Waals surface area contributed by atoms with Crippen molar-refractivity contribution in [2.45, 2.75) is 42.3 Å². The molecule has 0 amide bonds. The number of fused-ring (bicyclic) bond motifs is 2. The third-order valence-corrected chi connectivity index (χ3v) is 5.35. The molecule has 1 saturated heterocycles. The predicted molar refractivity (Wildman–Crippen MR) is 83.3 cm³/mol. The zero-order valence-electron chi connectivity index (χ0n) is 12.1. The summed E-state index contributed by atoms with van der Waals surface area (Å²) in [7, 11) is 2.14. The fourth-order valence-electron chi connectivity index (χ4n) is 3.30. The Morgan fingerprint density at radius 1 is 1.38 bits per heavy atom. The van der Waals surface area contributed by atoms with Gasteiger partial charge in [0.2, 0.25) is 0 Å². The van der Waals surface area contributed by atoms with Gasteiger partial charge in [-0.15, -0.1) is 0 Å². The van der Waals surface area contributed by atoms with Crippen LogP contribution < -0.4 is 4.74 Å². The SMILES string of the molecule is CN1CCC2CCC(=O)CC21.F[C@@H]1Oc2ccccc2S1.[HH]. The smallest absolute Gasteiger partial charge is 0.291 e. The number of para-hydroxylation sites is 1. The van der Waals surface area contributed by atoms with Gasteiger partial charge in [-0.05, 0) is 56.2 Å². The molecular formula is C16H22FNO2S. The van der Waals surface area contributed by atoms with Gasteiger partial charge in [-0.25, -0.2) is 0 Å². The van der Waals surface area contributed by atoms with Gasteiger partial charge in [0.1, 0.15) is 11.5 Å². The maximum atomic E-state index is 12.5. The molecule has 4 rings (SSSR count). The minimum atomic E-state index is -1.21. The summed E-state index contributed by atoms with van der Waals surface area (Å²) in [6, 6.07) is 7.91. The number of thioether (sulfide) groups is 1. The van der Waals surface area contributed by atoms with Crippen LogP contribution in [0.25, 0.3) is 0 Å². The van der Waals surface area contributed by atoms with Crippen molar-refractivity contribution in [3.05, 3.63) is 24.3 Å². The second-order valence-electron chi connectivity index (χ2n) is 5.84. The van der Waals surface area contributed by atoms with E-state index in [4.69, 9.17) is 4.74 Å². The third-order valence-electron chi connectivity index (χ3n) is 4.48. The largest absolute Gasteiger partial charge is 0.450 e. The lowest BCUT2D eigenvalue weighted by Gasteiger charge is -2.28. The number of rotatable bonds is 0. The third kappa shape index (κ3) is 3.40. The van der Waals surface area contributed by atoms with E-state index in [2.05, 4.69) is 11.9 Å². The molecule has 0 aromatic heterocycles. The van der Waals surface area contributed by atoms with E-state index in [0.29, 0.717) is 17.6 Å². The molecule has 3 nitrogen and oxygen atoms in total. The molecule has 1 saturated carbocycles. The van der Waals surface area contributed by atoms with Crippen molar-refractivity contribution in [3.63, 3.8) is 0 Å². The Balaban J connectivity index is 0.000000154. The van der Waals surface area contributed by atoms with Crippen molar-refractivity contribution in [1.82, 2.24) is 4.90 Å². The monoisotopic (exact) mass is 311 g/mol. The van der Waals surface area contributed by atoms with E-state index in [-0.39, 0.29) is 1.43 Å². The first-order valence-corrected chi connectivity index (χ1v) is 8.30. The second-order valence-corrected chi connectivity index (χ2v) is 6.88. The number of nitrogens with zero attached hydrogens (tertiary/aromatic N) is 1. The van der Waals surface area contributed by atoms with Crippen molar-refractivity contribution in [1.29, 1.82) is 0 Å². The molecule has 1 aliphatic carbocycles. The summed E-state index contributed by atoms with van der Waals surface area (Å²) < 4.78 is 17.3. The molecule has 2 unspecified atom stereocenters. The minimum Gasteiger partial charge on any atom is -0.450 e. The topological polar surface area (TPSA) is 29.5 Å². The van der Waals surface area contributed by atoms with Crippen LogP contribution in [-0.4, -0.2) is 36.0 Å². The average molecular weight is 311 g/mol. The summed E-state index contributed by atoms with van der Waals surface area (Å²) in [5.74, 6) is 1.96. The Labute approximate surface area is 130 Å². The standard InChI is InChI=1S/C9H15NO.C7H5FOS.H2/c1-10-5-4-7-2-3-8(11)6-9(7)10;8-7-9-5-3-1-2-4-6(5)10-7;/h7,9H,2-6H2,1H3;1-4,7H;1H/t;7-;/m.1./s1. The molecule has 0 bridgehead atoms. The van der Waals surface area contributed by atoms with Crippen molar-refractivity contribution >= 4 is 17.5 Å². The van der Waals surface area contributed by atoms with Crippen molar-refractivity contribution < 1.29 is 15.3 Å². The highest BCUT2D eigenvalue weighted by molar-refractivity contribution is 8.00. The number of Topliss-reactive ketones (excluding diaryl/α,β-unsaturated/α-hetero) is 1. The maximum Gasteiger partial charge on any atom is 0.291 e. The Morgan fingerprint density at radius 3 is 3.00 bits per heavy atom. The number of likely N-dealkylation sites (tertiary alicyclic amines) is 1. The average Bonchev–Trinajstić information content (AvgIpc) is 3.02. The number of hydrogen-bond acceptors (Lipinski definition) is 4. The number of ketones is 1. The first kappa shape index (κ1) is 14.9. The molecule has 116 valence electrons. The van der Waals surface area contributed by atoms with E-state index in [1.807, 2.05) is 18.2 Å². The van der Waals surface area contributed by atoms with Gasteiger partial charge in [0.25, 0.3) is 5.69 Å². The minimum absolute atomic E-state index is 0. The molecule has 3 atom stereocenters. The van der Waals surface area contributed by atoms with Crippen LogP contribution in [-0.2, 0) is 4.79 Å².